The van der Waals surface area contributed by atoms with Crippen molar-refractivity contribution >= 4 is 27.5 Å². The standard InChI is InChI=1S/C18H27ClN2O3S/c1-4-5-10-20-18(22)15-8-7-14(3)21(12-15)25(23,24)17-11-16(19)9-6-13(17)2/h6,9,11,14-15H,4-5,7-8,10,12H2,1-3H3,(H,20,22). The predicted octanol–water partition coefficient (Wildman–Crippen LogP) is 3.35. The van der Waals surface area contributed by atoms with Gasteiger partial charge in [-0.05, 0) is 50.8 Å². The maximum absolute atomic E-state index is 13.1. The average Bonchev–Trinajstić information content (AvgIpc) is 2.57. The molecule has 1 fully saturated rings. The summed E-state index contributed by atoms with van der Waals surface area (Å²) < 4.78 is 27.7. The van der Waals surface area contributed by atoms with Crippen molar-refractivity contribution in [3.05, 3.63) is 28.8 Å². The topological polar surface area (TPSA) is 66.5 Å². The number of hydrogen-bond acceptors (Lipinski definition) is 3. The molecule has 0 saturated carbocycles. The van der Waals surface area contributed by atoms with E-state index in [1.165, 1.54) is 10.4 Å². The molecular weight excluding hydrogens is 360 g/mol. The molecule has 25 heavy (non-hydrogen) atoms. The zero-order chi connectivity index (χ0) is 18.6. The van der Waals surface area contributed by atoms with Crippen LogP contribution < -0.4 is 5.32 Å². The number of nitrogens with one attached hydrogen (secondary N) is 1. The van der Waals surface area contributed by atoms with Crippen LogP contribution >= 0.6 is 11.6 Å². The largest absolute Gasteiger partial charge is 0.356 e. The molecule has 2 atom stereocenters. The molecular formula is C18H27ClN2O3S. The van der Waals surface area contributed by atoms with E-state index >= 15 is 0 Å². The van der Waals surface area contributed by atoms with E-state index in [0.29, 0.717) is 30.0 Å². The van der Waals surface area contributed by atoms with Gasteiger partial charge in [-0.15, -0.1) is 0 Å². The fourth-order valence-electron chi connectivity index (χ4n) is 3.13. The summed E-state index contributed by atoms with van der Waals surface area (Å²) in [5.74, 6) is -0.356. The molecule has 0 radical (unpaired) electrons. The monoisotopic (exact) mass is 386 g/mol. The lowest BCUT2D eigenvalue weighted by Gasteiger charge is -2.36. The first-order valence-corrected chi connectivity index (χ1v) is 10.6. The number of aryl methyl sites for hydroxylation is 1. The van der Waals surface area contributed by atoms with Crippen LogP contribution in [0, 0.1) is 12.8 Å². The van der Waals surface area contributed by atoms with Crippen LogP contribution in [0.15, 0.2) is 23.1 Å². The number of nitrogens with zero attached hydrogens (tertiary/aromatic N) is 1. The summed E-state index contributed by atoms with van der Waals surface area (Å²) in [6, 6.07) is 4.74. The quantitative estimate of drug-likeness (QED) is 0.762. The maximum Gasteiger partial charge on any atom is 0.243 e. The van der Waals surface area contributed by atoms with Crippen LogP contribution in [0.25, 0.3) is 0 Å². The summed E-state index contributed by atoms with van der Waals surface area (Å²) in [5.41, 5.74) is 0.658. The first kappa shape index (κ1) is 20.2. The van der Waals surface area contributed by atoms with Gasteiger partial charge in [-0.2, -0.15) is 4.31 Å². The molecule has 0 aromatic heterocycles. The van der Waals surface area contributed by atoms with Gasteiger partial charge < -0.3 is 5.32 Å². The Kier molecular flexibility index (Phi) is 6.88. The molecule has 1 aromatic rings. The second kappa shape index (κ2) is 8.52. The van der Waals surface area contributed by atoms with E-state index in [4.69, 9.17) is 11.6 Å². The summed E-state index contributed by atoms with van der Waals surface area (Å²) in [7, 11) is -3.69. The van der Waals surface area contributed by atoms with Gasteiger partial charge in [0.05, 0.1) is 10.8 Å². The Balaban J connectivity index is 2.21. The van der Waals surface area contributed by atoms with E-state index < -0.39 is 10.0 Å². The molecule has 7 heteroatoms. The van der Waals surface area contributed by atoms with E-state index in [-0.39, 0.29) is 29.3 Å². The molecule has 1 aromatic carbocycles. The molecule has 1 aliphatic heterocycles. The van der Waals surface area contributed by atoms with Gasteiger partial charge in [0.15, 0.2) is 0 Å². The van der Waals surface area contributed by atoms with Crippen molar-refractivity contribution < 1.29 is 13.2 Å². The number of hydrogen-bond donors (Lipinski definition) is 1. The third-order valence-corrected chi connectivity index (χ3v) is 7.12. The predicted molar refractivity (Wildman–Crippen MR) is 100 cm³/mol. The fourth-order valence-corrected chi connectivity index (χ4v) is 5.33. The summed E-state index contributed by atoms with van der Waals surface area (Å²) in [5, 5.41) is 3.31. The summed E-state index contributed by atoms with van der Waals surface area (Å²) >= 11 is 6.00. The highest BCUT2D eigenvalue weighted by atomic mass is 35.5. The molecule has 5 nitrogen and oxygen atoms in total. The lowest BCUT2D eigenvalue weighted by Crippen LogP contribution is -2.49. The van der Waals surface area contributed by atoms with E-state index in [9.17, 15) is 13.2 Å². The summed E-state index contributed by atoms with van der Waals surface area (Å²) in [6.07, 6.45) is 3.32. The van der Waals surface area contributed by atoms with Gasteiger partial charge in [0.1, 0.15) is 0 Å². The van der Waals surface area contributed by atoms with Gasteiger partial charge in [-0.1, -0.05) is 31.0 Å². The highest BCUT2D eigenvalue weighted by Gasteiger charge is 2.37. The van der Waals surface area contributed by atoms with Crippen molar-refractivity contribution in [1.82, 2.24) is 9.62 Å². The number of piperidine rings is 1. The second-order valence-electron chi connectivity index (χ2n) is 6.75. The summed E-state index contributed by atoms with van der Waals surface area (Å²) in [4.78, 5) is 12.6. The van der Waals surface area contributed by atoms with Gasteiger partial charge in [0.2, 0.25) is 15.9 Å². The molecule has 0 bridgehead atoms. The lowest BCUT2D eigenvalue weighted by atomic mass is 9.94. The second-order valence-corrected chi connectivity index (χ2v) is 9.05. The van der Waals surface area contributed by atoms with Crippen molar-refractivity contribution in [2.45, 2.75) is 57.4 Å². The Morgan fingerprint density at radius 3 is 2.76 bits per heavy atom. The highest BCUT2D eigenvalue weighted by molar-refractivity contribution is 7.89. The van der Waals surface area contributed by atoms with Crippen molar-refractivity contribution in [1.29, 1.82) is 0 Å². The van der Waals surface area contributed by atoms with Crippen LogP contribution in [0.4, 0.5) is 0 Å². The van der Waals surface area contributed by atoms with Crippen molar-refractivity contribution in [2.75, 3.05) is 13.1 Å². The molecule has 2 unspecified atom stereocenters. The van der Waals surface area contributed by atoms with Crippen LogP contribution in [0.5, 0.6) is 0 Å². The number of benzene rings is 1. The van der Waals surface area contributed by atoms with Crippen molar-refractivity contribution in [3.63, 3.8) is 0 Å². The molecule has 1 saturated heterocycles. The number of rotatable bonds is 6. The Morgan fingerprint density at radius 1 is 1.36 bits per heavy atom. The minimum absolute atomic E-state index is 0.0524. The number of sulfonamides is 1. The number of carbonyl (C=O) groups is 1. The van der Waals surface area contributed by atoms with Gasteiger partial charge in [0, 0.05) is 24.2 Å². The van der Waals surface area contributed by atoms with E-state index in [1.54, 1.807) is 19.1 Å². The SMILES string of the molecule is CCCCNC(=O)C1CCC(C)N(S(=O)(=O)c2cc(Cl)ccc2C)C1. The fraction of sp³-hybridized carbons (Fsp3) is 0.611. The molecule has 0 aliphatic carbocycles. The van der Waals surface area contributed by atoms with Gasteiger partial charge in [0.25, 0.3) is 0 Å². The Morgan fingerprint density at radius 2 is 2.08 bits per heavy atom. The number of amides is 1. The van der Waals surface area contributed by atoms with E-state index in [2.05, 4.69) is 12.2 Å². The lowest BCUT2D eigenvalue weighted by molar-refractivity contribution is -0.126. The number of unbranched alkanes of at least 4 members (excludes halogenated alkanes) is 1. The molecule has 1 amide bonds. The highest BCUT2D eigenvalue weighted by Crippen LogP contribution is 2.30. The molecule has 1 heterocycles. The van der Waals surface area contributed by atoms with Gasteiger partial charge in [-0.25, -0.2) is 8.42 Å². The molecule has 2 rings (SSSR count). The summed E-state index contributed by atoms with van der Waals surface area (Å²) in [6.45, 7) is 6.57. The van der Waals surface area contributed by atoms with E-state index in [0.717, 1.165) is 12.8 Å². The zero-order valence-electron chi connectivity index (χ0n) is 15.1. The van der Waals surface area contributed by atoms with E-state index in [1.807, 2.05) is 6.92 Å². The number of carbonyl (C=O) groups excluding carboxylic acids is 1. The van der Waals surface area contributed by atoms with Crippen LogP contribution in [0.2, 0.25) is 5.02 Å². The number of halogens is 1. The van der Waals surface area contributed by atoms with Gasteiger partial charge >= 0.3 is 0 Å². The van der Waals surface area contributed by atoms with Gasteiger partial charge in [-0.3, -0.25) is 4.79 Å². The molecule has 1 N–H and O–H groups in total. The van der Waals surface area contributed by atoms with Crippen LogP contribution in [0.3, 0.4) is 0 Å². The minimum Gasteiger partial charge on any atom is -0.356 e. The normalized spacial score (nSPS) is 21.9. The average molecular weight is 387 g/mol. The zero-order valence-corrected chi connectivity index (χ0v) is 16.7. The third kappa shape index (κ3) is 4.74. The Labute approximate surface area is 155 Å². The van der Waals surface area contributed by atoms with Crippen LogP contribution in [-0.4, -0.2) is 37.8 Å². The molecule has 0 spiro atoms. The minimum atomic E-state index is -3.69. The Bertz CT molecular complexity index is 721. The Hall–Kier alpha value is -1.11. The molecule has 140 valence electrons. The third-order valence-electron chi connectivity index (χ3n) is 4.76. The van der Waals surface area contributed by atoms with Crippen molar-refractivity contribution in [3.8, 4) is 0 Å². The smallest absolute Gasteiger partial charge is 0.243 e. The van der Waals surface area contributed by atoms with Crippen molar-refractivity contribution in [2.24, 2.45) is 5.92 Å². The molecule has 1 aliphatic rings. The first-order chi connectivity index (χ1) is 11.8. The van der Waals surface area contributed by atoms with Crippen LogP contribution in [0.1, 0.15) is 45.1 Å². The maximum atomic E-state index is 13.1. The van der Waals surface area contributed by atoms with Crippen LogP contribution in [-0.2, 0) is 14.8 Å². The first-order valence-electron chi connectivity index (χ1n) is 8.83.